The van der Waals surface area contributed by atoms with Gasteiger partial charge in [-0.15, -0.1) is 0 Å². The highest BCUT2D eigenvalue weighted by atomic mass is 14.1. The summed E-state index contributed by atoms with van der Waals surface area (Å²) in [6.45, 7) is 8.30. The third-order valence-electron chi connectivity index (χ3n) is 3.16. The Hall–Kier alpha value is -0.780. The van der Waals surface area contributed by atoms with Crippen LogP contribution in [0.3, 0.4) is 0 Å². The zero-order valence-electron chi connectivity index (χ0n) is 10.2. The molecular formula is C15H23. The van der Waals surface area contributed by atoms with Gasteiger partial charge >= 0.3 is 0 Å². The van der Waals surface area contributed by atoms with E-state index < -0.39 is 0 Å². The molecule has 0 saturated heterocycles. The fourth-order valence-corrected chi connectivity index (χ4v) is 1.93. The summed E-state index contributed by atoms with van der Waals surface area (Å²) in [6.07, 6.45) is 7.63. The average Bonchev–Trinajstić information content (AvgIpc) is 2.24. The van der Waals surface area contributed by atoms with E-state index >= 15 is 0 Å². The molecule has 0 fully saturated rings. The lowest BCUT2D eigenvalue weighted by Gasteiger charge is -2.08. The quantitative estimate of drug-likeness (QED) is 0.591. The summed E-state index contributed by atoms with van der Waals surface area (Å²) < 4.78 is 0. The van der Waals surface area contributed by atoms with Crippen LogP contribution in [0.2, 0.25) is 0 Å². The number of aryl methyl sites for hydroxylation is 2. The van der Waals surface area contributed by atoms with Crippen LogP contribution in [0.5, 0.6) is 0 Å². The Morgan fingerprint density at radius 2 is 1.73 bits per heavy atom. The minimum Gasteiger partial charge on any atom is -0.0617 e. The first-order chi connectivity index (χ1) is 7.25. The van der Waals surface area contributed by atoms with Gasteiger partial charge in [0.2, 0.25) is 0 Å². The zero-order valence-corrected chi connectivity index (χ0v) is 10.2. The summed E-state index contributed by atoms with van der Waals surface area (Å²) in [5.74, 6) is 0. The van der Waals surface area contributed by atoms with Crippen LogP contribution in [-0.2, 0) is 6.42 Å². The Labute approximate surface area is 94.7 Å². The molecule has 1 rings (SSSR count). The first-order valence-electron chi connectivity index (χ1n) is 6.10. The molecule has 83 valence electrons. The smallest absolute Gasteiger partial charge is 0.0276 e. The molecule has 0 aliphatic rings. The number of hydrogen-bond acceptors (Lipinski definition) is 0. The second-order valence-electron chi connectivity index (χ2n) is 4.38. The van der Waals surface area contributed by atoms with E-state index in [0.717, 1.165) is 6.42 Å². The van der Waals surface area contributed by atoms with Crippen LogP contribution in [0, 0.1) is 20.8 Å². The number of rotatable bonds is 6. The van der Waals surface area contributed by atoms with Gasteiger partial charge in [0.05, 0.1) is 0 Å². The van der Waals surface area contributed by atoms with E-state index in [1.165, 1.54) is 48.8 Å². The van der Waals surface area contributed by atoms with E-state index in [1.807, 2.05) is 0 Å². The lowest BCUT2D eigenvalue weighted by atomic mass is 9.98. The largest absolute Gasteiger partial charge is 0.0617 e. The maximum absolute atomic E-state index is 3.87. The van der Waals surface area contributed by atoms with Crippen LogP contribution in [0.1, 0.15) is 48.8 Å². The highest BCUT2D eigenvalue weighted by molar-refractivity contribution is 5.33. The van der Waals surface area contributed by atoms with Crippen molar-refractivity contribution >= 4 is 0 Å². The Kier molecular flexibility index (Phi) is 5.45. The zero-order chi connectivity index (χ0) is 11.1. The summed E-state index contributed by atoms with van der Waals surface area (Å²) in [4.78, 5) is 0. The Morgan fingerprint density at radius 1 is 1.00 bits per heavy atom. The van der Waals surface area contributed by atoms with Gasteiger partial charge < -0.3 is 0 Å². The fourth-order valence-electron chi connectivity index (χ4n) is 1.93. The molecular weight excluding hydrogens is 180 g/mol. The SMILES string of the molecule is [CH2]CCCCCCc1cccc(C)c1C. The lowest BCUT2D eigenvalue weighted by Crippen LogP contribution is -1.92. The van der Waals surface area contributed by atoms with E-state index in [1.54, 1.807) is 0 Å². The minimum absolute atomic E-state index is 1.09. The van der Waals surface area contributed by atoms with Gasteiger partial charge in [-0.3, -0.25) is 0 Å². The summed E-state index contributed by atoms with van der Waals surface area (Å²) >= 11 is 0. The highest BCUT2D eigenvalue weighted by Crippen LogP contribution is 2.16. The predicted molar refractivity (Wildman–Crippen MR) is 68.1 cm³/mol. The van der Waals surface area contributed by atoms with Crippen LogP contribution in [0.15, 0.2) is 18.2 Å². The second-order valence-corrected chi connectivity index (χ2v) is 4.38. The van der Waals surface area contributed by atoms with Crippen LogP contribution in [0.4, 0.5) is 0 Å². The molecule has 0 nitrogen and oxygen atoms in total. The standard InChI is InChI=1S/C15H23/c1-4-5-6-7-8-11-15-12-9-10-13(2)14(15)3/h9-10,12H,1,4-8,11H2,2-3H3. The molecule has 1 aromatic rings. The molecule has 0 amide bonds. The van der Waals surface area contributed by atoms with Crippen molar-refractivity contribution in [3.63, 3.8) is 0 Å². The molecule has 1 radical (unpaired) electrons. The summed E-state index contributed by atoms with van der Waals surface area (Å²) in [6, 6.07) is 6.64. The monoisotopic (exact) mass is 203 g/mol. The molecule has 0 heteroatoms. The predicted octanol–water partition coefficient (Wildman–Crippen LogP) is 4.63. The Morgan fingerprint density at radius 3 is 2.47 bits per heavy atom. The molecule has 0 saturated carbocycles. The topological polar surface area (TPSA) is 0 Å². The lowest BCUT2D eigenvalue weighted by molar-refractivity contribution is 0.644. The van der Waals surface area contributed by atoms with Crippen molar-refractivity contribution in [2.45, 2.75) is 52.4 Å². The molecule has 0 aliphatic heterocycles. The van der Waals surface area contributed by atoms with E-state index in [9.17, 15) is 0 Å². The van der Waals surface area contributed by atoms with E-state index in [2.05, 4.69) is 39.0 Å². The number of hydrogen-bond donors (Lipinski definition) is 0. The molecule has 0 N–H and O–H groups in total. The maximum atomic E-state index is 3.87. The van der Waals surface area contributed by atoms with Crippen molar-refractivity contribution in [3.05, 3.63) is 41.8 Å². The molecule has 0 atom stereocenters. The molecule has 1 aromatic carbocycles. The molecule has 0 aromatic heterocycles. The van der Waals surface area contributed by atoms with Crippen molar-refractivity contribution < 1.29 is 0 Å². The van der Waals surface area contributed by atoms with Crippen LogP contribution >= 0.6 is 0 Å². The first kappa shape index (κ1) is 12.3. The third-order valence-corrected chi connectivity index (χ3v) is 3.16. The molecule has 0 bridgehead atoms. The molecule has 0 heterocycles. The van der Waals surface area contributed by atoms with Gasteiger partial charge in [0, 0.05) is 0 Å². The summed E-state index contributed by atoms with van der Waals surface area (Å²) in [7, 11) is 0. The van der Waals surface area contributed by atoms with Gasteiger partial charge in [0.1, 0.15) is 0 Å². The van der Waals surface area contributed by atoms with E-state index in [4.69, 9.17) is 0 Å². The first-order valence-corrected chi connectivity index (χ1v) is 6.10. The molecule has 0 aliphatic carbocycles. The van der Waals surface area contributed by atoms with Gasteiger partial charge in [0.25, 0.3) is 0 Å². The van der Waals surface area contributed by atoms with Crippen LogP contribution in [0.25, 0.3) is 0 Å². The minimum atomic E-state index is 1.09. The van der Waals surface area contributed by atoms with Crippen molar-refractivity contribution in [2.75, 3.05) is 0 Å². The second kappa shape index (κ2) is 6.66. The fraction of sp³-hybridized carbons (Fsp3) is 0.533. The normalized spacial score (nSPS) is 10.6. The number of unbranched alkanes of at least 4 members (excludes halogenated alkanes) is 4. The highest BCUT2D eigenvalue weighted by Gasteiger charge is 1.99. The molecule has 0 spiro atoms. The summed E-state index contributed by atoms with van der Waals surface area (Å²) in [5.41, 5.74) is 4.43. The maximum Gasteiger partial charge on any atom is -0.0276 e. The van der Waals surface area contributed by atoms with Crippen LogP contribution in [-0.4, -0.2) is 0 Å². The Balaban J connectivity index is 2.34. The molecule has 0 unspecified atom stereocenters. The summed E-state index contributed by atoms with van der Waals surface area (Å²) in [5, 5.41) is 0. The van der Waals surface area contributed by atoms with Gasteiger partial charge in [-0.1, -0.05) is 50.8 Å². The average molecular weight is 203 g/mol. The van der Waals surface area contributed by atoms with Crippen LogP contribution < -0.4 is 0 Å². The molecule has 15 heavy (non-hydrogen) atoms. The Bertz CT molecular complexity index is 286. The third kappa shape index (κ3) is 4.07. The van der Waals surface area contributed by atoms with Crippen molar-refractivity contribution in [3.8, 4) is 0 Å². The van der Waals surface area contributed by atoms with Crippen molar-refractivity contribution in [1.29, 1.82) is 0 Å². The van der Waals surface area contributed by atoms with Crippen molar-refractivity contribution in [2.24, 2.45) is 0 Å². The van der Waals surface area contributed by atoms with Crippen molar-refractivity contribution in [1.82, 2.24) is 0 Å². The van der Waals surface area contributed by atoms with E-state index in [0.29, 0.717) is 0 Å². The van der Waals surface area contributed by atoms with Gasteiger partial charge in [-0.05, 0) is 43.4 Å². The van der Waals surface area contributed by atoms with E-state index in [-0.39, 0.29) is 0 Å². The van der Waals surface area contributed by atoms with Gasteiger partial charge in [-0.2, -0.15) is 0 Å². The van der Waals surface area contributed by atoms with Gasteiger partial charge in [0.15, 0.2) is 0 Å². The van der Waals surface area contributed by atoms with Gasteiger partial charge in [-0.25, -0.2) is 0 Å². The number of benzene rings is 1.